The minimum atomic E-state index is -0.525. The van der Waals surface area contributed by atoms with Crippen LogP contribution in [-0.2, 0) is 11.3 Å². The fourth-order valence-electron chi connectivity index (χ4n) is 2.04. The Kier molecular flexibility index (Phi) is 4.97. The molecule has 0 atom stereocenters. The van der Waals surface area contributed by atoms with Crippen LogP contribution in [-0.4, -0.2) is 52.8 Å². The molecule has 1 aliphatic rings. The van der Waals surface area contributed by atoms with Crippen LogP contribution in [0.3, 0.4) is 0 Å². The Balaban J connectivity index is 2.17. The number of carbonyl (C=O) groups excluding carboxylic acids is 1. The average molecular weight is 322 g/mol. The first kappa shape index (κ1) is 17.3. The van der Waals surface area contributed by atoms with Gasteiger partial charge >= 0.3 is 6.09 Å². The van der Waals surface area contributed by atoms with E-state index in [-0.39, 0.29) is 6.09 Å². The van der Waals surface area contributed by atoms with Gasteiger partial charge in [-0.3, -0.25) is 4.90 Å². The van der Waals surface area contributed by atoms with Gasteiger partial charge in [0.05, 0.1) is 19.3 Å². The van der Waals surface area contributed by atoms with E-state index in [2.05, 4.69) is 23.8 Å². The first-order chi connectivity index (χ1) is 10.7. The van der Waals surface area contributed by atoms with Gasteiger partial charge < -0.3 is 14.4 Å². The van der Waals surface area contributed by atoms with Crippen LogP contribution >= 0.6 is 0 Å². The number of hydrogen-bond donors (Lipinski definition) is 0. The maximum absolute atomic E-state index is 12.2. The zero-order chi connectivity index (χ0) is 17.2. The van der Waals surface area contributed by atoms with Gasteiger partial charge in [0, 0.05) is 13.1 Å². The van der Waals surface area contributed by atoms with Gasteiger partial charge in [0.15, 0.2) is 5.82 Å². The zero-order valence-electron chi connectivity index (χ0n) is 14.8. The highest BCUT2D eigenvalue weighted by atomic mass is 16.6. The van der Waals surface area contributed by atoms with Crippen molar-refractivity contribution in [3.8, 4) is 5.88 Å². The molecule has 0 fully saturated rings. The fourth-order valence-corrected chi connectivity index (χ4v) is 2.04. The monoisotopic (exact) mass is 322 g/mol. The summed E-state index contributed by atoms with van der Waals surface area (Å²) in [5.41, 5.74) is 0.122. The molecule has 2 rings (SSSR count). The molecule has 0 unspecified atom stereocenters. The Morgan fingerprint density at radius 2 is 2.13 bits per heavy atom. The molecule has 1 aromatic rings. The van der Waals surface area contributed by atoms with E-state index in [4.69, 9.17) is 9.47 Å². The van der Waals surface area contributed by atoms with Gasteiger partial charge in [0.25, 0.3) is 0 Å². The molecule has 23 heavy (non-hydrogen) atoms. The predicted molar refractivity (Wildman–Crippen MR) is 87.7 cm³/mol. The summed E-state index contributed by atoms with van der Waals surface area (Å²) >= 11 is 0. The van der Waals surface area contributed by atoms with Crippen LogP contribution in [0.25, 0.3) is 0 Å². The van der Waals surface area contributed by atoms with E-state index in [1.165, 1.54) is 0 Å². The number of aromatic nitrogens is 2. The number of fused-ring (bicyclic) bond motifs is 1. The van der Waals surface area contributed by atoms with Crippen molar-refractivity contribution < 1.29 is 14.3 Å². The standard InChI is InChI=1S/C16H26N4O3/c1-11(2)19(6)13-9-17-12-10-20(7-8-22-14(12)18-13)15(21)23-16(3,4)5/h9,11H,7-8,10H2,1-6H3. The summed E-state index contributed by atoms with van der Waals surface area (Å²) in [7, 11) is 1.96. The molecule has 0 spiro atoms. The normalized spacial score (nSPS) is 14.8. The summed E-state index contributed by atoms with van der Waals surface area (Å²) in [6, 6.07) is 0.311. The predicted octanol–water partition coefficient (Wildman–Crippen LogP) is 2.45. The number of anilines is 1. The van der Waals surface area contributed by atoms with E-state index in [0.29, 0.717) is 37.3 Å². The van der Waals surface area contributed by atoms with Crippen LogP contribution < -0.4 is 9.64 Å². The third-order valence-corrected chi connectivity index (χ3v) is 3.53. The molecule has 0 saturated heterocycles. The molecule has 0 N–H and O–H groups in total. The molecule has 0 radical (unpaired) electrons. The molecule has 2 heterocycles. The van der Waals surface area contributed by atoms with Crippen LogP contribution in [0.15, 0.2) is 6.20 Å². The number of nitrogens with zero attached hydrogens (tertiary/aromatic N) is 4. The van der Waals surface area contributed by atoms with E-state index in [1.807, 2.05) is 32.7 Å². The van der Waals surface area contributed by atoms with Crippen molar-refractivity contribution in [3.63, 3.8) is 0 Å². The van der Waals surface area contributed by atoms with Crippen LogP contribution in [0.5, 0.6) is 5.88 Å². The van der Waals surface area contributed by atoms with Gasteiger partial charge in [0.1, 0.15) is 17.9 Å². The molecule has 1 aromatic heterocycles. The highest BCUT2D eigenvalue weighted by Crippen LogP contribution is 2.23. The van der Waals surface area contributed by atoms with Crippen molar-refractivity contribution in [3.05, 3.63) is 11.9 Å². The third-order valence-electron chi connectivity index (χ3n) is 3.53. The van der Waals surface area contributed by atoms with Crippen LogP contribution in [0.1, 0.15) is 40.3 Å². The average Bonchev–Trinajstić information content (AvgIpc) is 2.65. The number of rotatable bonds is 2. The Labute approximate surface area is 137 Å². The van der Waals surface area contributed by atoms with E-state index < -0.39 is 5.60 Å². The summed E-state index contributed by atoms with van der Waals surface area (Å²) in [5.74, 6) is 1.24. The van der Waals surface area contributed by atoms with Crippen LogP contribution in [0.4, 0.5) is 10.6 Å². The molecule has 7 nitrogen and oxygen atoms in total. The Morgan fingerprint density at radius 1 is 1.43 bits per heavy atom. The molecule has 1 aliphatic heterocycles. The van der Waals surface area contributed by atoms with Gasteiger partial charge in [-0.05, 0) is 34.6 Å². The molecule has 0 aliphatic carbocycles. The summed E-state index contributed by atoms with van der Waals surface area (Å²) in [5, 5.41) is 0. The smallest absolute Gasteiger partial charge is 0.410 e. The Morgan fingerprint density at radius 3 is 2.74 bits per heavy atom. The van der Waals surface area contributed by atoms with Gasteiger partial charge in [-0.2, -0.15) is 4.98 Å². The maximum atomic E-state index is 12.2. The maximum Gasteiger partial charge on any atom is 0.410 e. The van der Waals surface area contributed by atoms with Crippen molar-refractivity contribution in [2.24, 2.45) is 0 Å². The number of amides is 1. The quantitative estimate of drug-likeness (QED) is 0.833. The summed E-state index contributed by atoms with van der Waals surface area (Å²) in [6.45, 7) is 10.9. The Bertz CT molecular complexity index is 569. The molecule has 0 bridgehead atoms. The number of hydrogen-bond acceptors (Lipinski definition) is 6. The van der Waals surface area contributed by atoms with E-state index in [9.17, 15) is 4.79 Å². The van der Waals surface area contributed by atoms with Gasteiger partial charge in [-0.1, -0.05) is 0 Å². The molecular formula is C16H26N4O3. The zero-order valence-corrected chi connectivity index (χ0v) is 14.8. The SMILES string of the molecule is CC(C)N(C)c1cnc2c(n1)OCCN(C(=O)OC(C)(C)C)C2. The van der Waals surface area contributed by atoms with Crippen molar-refractivity contribution >= 4 is 11.9 Å². The minimum absolute atomic E-state index is 0.311. The summed E-state index contributed by atoms with van der Waals surface area (Å²) < 4.78 is 11.1. The van der Waals surface area contributed by atoms with Crippen LogP contribution in [0.2, 0.25) is 0 Å². The summed E-state index contributed by atoms with van der Waals surface area (Å²) in [6.07, 6.45) is 1.35. The van der Waals surface area contributed by atoms with Gasteiger partial charge in [-0.15, -0.1) is 0 Å². The van der Waals surface area contributed by atoms with E-state index >= 15 is 0 Å². The van der Waals surface area contributed by atoms with Crippen molar-refractivity contribution in [1.82, 2.24) is 14.9 Å². The van der Waals surface area contributed by atoms with Crippen LogP contribution in [0, 0.1) is 0 Å². The lowest BCUT2D eigenvalue weighted by Gasteiger charge is -2.25. The first-order valence-corrected chi connectivity index (χ1v) is 7.87. The number of ether oxygens (including phenoxy) is 2. The fraction of sp³-hybridized carbons (Fsp3) is 0.688. The first-order valence-electron chi connectivity index (χ1n) is 7.87. The van der Waals surface area contributed by atoms with Crippen molar-refractivity contribution in [2.75, 3.05) is 25.1 Å². The van der Waals surface area contributed by atoms with Gasteiger partial charge in [0.2, 0.25) is 5.88 Å². The minimum Gasteiger partial charge on any atom is -0.474 e. The largest absolute Gasteiger partial charge is 0.474 e. The van der Waals surface area contributed by atoms with Crippen molar-refractivity contribution in [2.45, 2.75) is 52.8 Å². The molecular weight excluding hydrogens is 296 g/mol. The molecule has 1 amide bonds. The van der Waals surface area contributed by atoms with Gasteiger partial charge in [-0.25, -0.2) is 9.78 Å². The second-order valence-corrected chi connectivity index (χ2v) is 6.94. The second kappa shape index (κ2) is 6.60. The van der Waals surface area contributed by atoms with E-state index in [1.54, 1.807) is 11.1 Å². The van der Waals surface area contributed by atoms with Crippen molar-refractivity contribution in [1.29, 1.82) is 0 Å². The lowest BCUT2D eigenvalue weighted by atomic mass is 10.2. The Hall–Kier alpha value is -2.05. The van der Waals surface area contributed by atoms with E-state index in [0.717, 1.165) is 5.82 Å². The molecule has 0 saturated carbocycles. The topological polar surface area (TPSA) is 67.8 Å². The molecule has 0 aromatic carbocycles. The second-order valence-electron chi connectivity index (χ2n) is 6.94. The summed E-state index contributed by atoms with van der Waals surface area (Å²) in [4.78, 5) is 24.8. The molecule has 7 heteroatoms. The highest BCUT2D eigenvalue weighted by Gasteiger charge is 2.26. The third kappa shape index (κ3) is 4.46. The lowest BCUT2D eigenvalue weighted by Crippen LogP contribution is -2.37. The highest BCUT2D eigenvalue weighted by molar-refractivity contribution is 5.68. The lowest BCUT2D eigenvalue weighted by molar-refractivity contribution is 0.0223. The molecule has 128 valence electrons. The number of carbonyl (C=O) groups is 1.